The van der Waals surface area contributed by atoms with E-state index in [4.69, 9.17) is 5.11 Å². The molecule has 1 aromatic rings. The van der Waals surface area contributed by atoms with Gasteiger partial charge in [-0.1, -0.05) is 0 Å². The fourth-order valence-corrected chi connectivity index (χ4v) is 1.98. The van der Waals surface area contributed by atoms with Gasteiger partial charge in [0.1, 0.15) is 0 Å². The van der Waals surface area contributed by atoms with Crippen molar-refractivity contribution in [2.75, 3.05) is 24.5 Å². The highest BCUT2D eigenvalue weighted by molar-refractivity contribution is 5.88. The minimum atomic E-state index is -0.875. The van der Waals surface area contributed by atoms with Gasteiger partial charge in [-0.2, -0.15) is 0 Å². The van der Waals surface area contributed by atoms with Gasteiger partial charge in [0.05, 0.1) is 5.56 Å². The van der Waals surface area contributed by atoms with Crippen LogP contribution in [-0.4, -0.2) is 36.8 Å². The number of carbonyl (C=O) groups is 1. The maximum absolute atomic E-state index is 10.7. The molecule has 1 saturated heterocycles. The molecule has 0 unspecified atom stereocenters. The van der Waals surface area contributed by atoms with Crippen molar-refractivity contribution in [3.05, 3.63) is 29.8 Å². The van der Waals surface area contributed by atoms with Crippen molar-refractivity contribution in [2.24, 2.45) is 0 Å². The van der Waals surface area contributed by atoms with Crippen LogP contribution in [0.2, 0.25) is 0 Å². The predicted octanol–water partition coefficient (Wildman–Crippen LogP) is 1.18. The molecule has 0 radical (unpaired) electrons. The van der Waals surface area contributed by atoms with E-state index in [-0.39, 0.29) is 0 Å². The molecule has 4 nitrogen and oxygen atoms in total. The summed E-state index contributed by atoms with van der Waals surface area (Å²) in [5.41, 5.74) is 1.44. The minimum absolute atomic E-state index is 0.340. The zero-order valence-corrected chi connectivity index (χ0v) is 9.31. The lowest BCUT2D eigenvalue weighted by Gasteiger charge is -2.33. The summed E-state index contributed by atoms with van der Waals surface area (Å²) < 4.78 is 0. The molecular weight excluding hydrogens is 204 g/mol. The summed E-state index contributed by atoms with van der Waals surface area (Å²) in [7, 11) is 0. The summed E-state index contributed by atoms with van der Waals surface area (Å²) in [6.45, 7) is 5.06. The van der Waals surface area contributed by atoms with E-state index in [0.717, 1.165) is 25.3 Å². The summed E-state index contributed by atoms with van der Waals surface area (Å²) in [4.78, 5) is 13.0. The number of hydrogen-bond donors (Lipinski definition) is 2. The summed E-state index contributed by atoms with van der Waals surface area (Å²) in [6.07, 6.45) is 0. The van der Waals surface area contributed by atoms with Gasteiger partial charge in [-0.05, 0) is 31.2 Å². The second-order valence-electron chi connectivity index (χ2n) is 4.15. The Bertz CT molecular complexity index is 375. The monoisotopic (exact) mass is 220 g/mol. The van der Waals surface area contributed by atoms with Crippen molar-refractivity contribution < 1.29 is 9.90 Å². The molecule has 1 aromatic carbocycles. The van der Waals surface area contributed by atoms with E-state index in [0.29, 0.717) is 11.6 Å². The van der Waals surface area contributed by atoms with E-state index in [1.54, 1.807) is 12.1 Å². The Kier molecular flexibility index (Phi) is 3.10. The lowest BCUT2D eigenvalue weighted by atomic mass is 10.1. The van der Waals surface area contributed by atoms with Crippen LogP contribution in [0.4, 0.5) is 5.69 Å². The molecule has 1 aliphatic heterocycles. The number of aromatic carboxylic acids is 1. The second-order valence-corrected chi connectivity index (χ2v) is 4.15. The fourth-order valence-electron chi connectivity index (χ4n) is 1.98. The van der Waals surface area contributed by atoms with Gasteiger partial charge in [0, 0.05) is 31.4 Å². The molecule has 1 fully saturated rings. The molecule has 0 saturated carbocycles. The maximum Gasteiger partial charge on any atom is 0.335 e. The molecule has 0 amide bonds. The van der Waals surface area contributed by atoms with Gasteiger partial charge in [0.15, 0.2) is 0 Å². The molecular formula is C12H16N2O2. The molecule has 2 rings (SSSR count). The topological polar surface area (TPSA) is 52.6 Å². The Labute approximate surface area is 94.9 Å². The fraction of sp³-hybridized carbons (Fsp3) is 0.417. The third kappa shape index (κ3) is 2.33. The van der Waals surface area contributed by atoms with Crippen molar-refractivity contribution in [3.63, 3.8) is 0 Å². The van der Waals surface area contributed by atoms with E-state index >= 15 is 0 Å². The third-order valence-corrected chi connectivity index (χ3v) is 2.85. The Morgan fingerprint density at radius 1 is 1.44 bits per heavy atom. The lowest BCUT2D eigenvalue weighted by molar-refractivity contribution is 0.0697. The van der Waals surface area contributed by atoms with Gasteiger partial charge in [0.25, 0.3) is 0 Å². The first-order chi connectivity index (χ1) is 7.66. The minimum Gasteiger partial charge on any atom is -0.478 e. The molecule has 0 aliphatic carbocycles. The highest BCUT2D eigenvalue weighted by Gasteiger charge is 2.15. The van der Waals surface area contributed by atoms with Crippen LogP contribution < -0.4 is 10.2 Å². The number of piperazine rings is 1. The Balaban J connectivity index is 2.11. The highest BCUT2D eigenvalue weighted by Crippen LogP contribution is 2.16. The second kappa shape index (κ2) is 4.53. The van der Waals surface area contributed by atoms with Crippen molar-refractivity contribution in [2.45, 2.75) is 13.0 Å². The maximum atomic E-state index is 10.7. The zero-order chi connectivity index (χ0) is 11.5. The van der Waals surface area contributed by atoms with Crippen LogP contribution in [0, 0.1) is 0 Å². The van der Waals surface area contributed by atoms with E-state index in [2.05, 4.69) is 17.1 Å². The van der Waals surface area contributed by atoms with Crippen LogP contribution in [0.3, 0.4) is 0 Å². The van der Waals surface area contributed by atoms with Gasteiger partial charge < -0.3 is 15.3 Å². The number of anilines is 1. The van der Waals surface area contributed by atoms with Gasteiger partial charge in [-0.15, -0.1) is 0 Å². The van der Waals surface area contributed by atoms with E-state index in [9.17, 15) is 4.79 Å². The van der Waals surface area contributed by atoms with Gasteiger partial charge >= 0.3 is 5.97 Å². The van der Waals surface area contributed by atoms with Crippen LogP contribution in [0.1, 0.15) is 17.3 Å². The normalized spacial score (nSPS) is 20.8. The lowest BCUT2D eigenvalue weighted by Crippen LogP contribution is -2.49. The molecule has 4 heteroatoms. The number of rotatable bonds is 2. The molecule has 0 bridgehead atoms. The number of hydrogen-bond acceptors (Lipinski definition) is 3. The molecule has 1 aliphatic rings. The number of benzene rings is 1. The van der Waals surface area contributed by atoms with Gasteiger partial charge in [-0.25, -0.2) is 4.79 Å². The molecule has 0 spiro atoms. The van der Waals surface area contributed by atoms with Crippen LogP contribution in [0.15, 0.2) is 24.3 Å². The Morgan fingerprint density at radius 2 is 2.12 bits per heavy atom. The van der Waals surface area contributed by atoms with Crippen molar-refractivity contribution in [1.82, 2.24) is 5.32 Å². The number of carboxylic acid groups (broad SMARTS) is 1. The van der Waals surface area contributed by atoms with Crippen molar-refractivity contribution >= 4 is 11.7 Å². The molecule has 1 heterocycles. The first-order valence-electron chi connectivity index (χ1n) is 5.48. The first kappa shape index (κ1) is 11.0. The largest absolute Gasteiger partial charge is 0.478 e. The predicted molar refractivity (Wildman–Crippen MR) is 63.1 cm³/mol. The average molecular weight is 220 g/mol. The molecule has 86 valence electrons. The third-order valence-electron chi connectivity index (χ3n) is 2.85. The van der Waals surface area contributed by atoms with Crippen LogP contribution in [0.25, 0.3) is 0 Å². The zero-order valence-electron chi connectivity index (χ0n) is 9.31. The van der Waals surface area contributed by atoms with Crippen LogP contribution >= 0.6 is 0 Å². The summed E-state index contributed by atoms with van der Waals surface area (Å²) in [5.74, 6) is -0.875. The van der Waals surface area contributed by atoms with Crippen LogP contribution in [0.5, 0.6) is 0 Å². The van der Waals surface area contributed by atoms with Crippen molar-refractivity contribution in [3.8, 4) is 0 Å². The number of nitrogens with one attached hydrogen (secondary N) is 1. The number of nitrogens with zero attached hydrogens (tertiary/aromatic N) is 1. The first-order valence-corrected chi connectivity index (χ1v) is 5.48. The summed E-state index contributed by atoms with van der Waals surface area (Å²) in [6, 6.07) is 7.55. The molecule has 1 atom stereocenters. The quantitative estimate of drug-likeness (QED) is 0.786. The van der Waals surface area contributed by atoms with E-state index in [1.165, 1.54) is 0 Å². The Hall–Kier alpha value is -1.55. The molecule has 16 heavy (non-hydrogen) atoms. The Morgan fingerprint density at radius 3 is 2.69 bits per heavy atom. The van der Waals surface area contributed by atoms with Crippen LogP contribution in [-0.2, 0) is 0 Å². The van der Waals surface area contributed by atoms with Gasteiger partial charge in [0.2, 0.25) is 0 Å². The molecule has 2 N–H and O–H groups in total. The highest BCUT2D eigenvalue weighted by atomic mass is 16.4. The van der Waals surface area contributed by atoms with Crippen molar-refractivity contribution in [1.29, 1.82) is 0 Å². The standard InChI is InChI=1S/C12H16N2O2/c1-9-8-14(7-6-13-9)11-4-2-10(3-5-11)12(15)16/h2-5,9,13H,6-8H2,1H3,(H,15,16)/t9-/m1/s1. The smallest absolute Gasteiger partial charge is 0.335 e. The van der Waals surface area contributed by atoms with E-state index in [1.807, 2.05) is 12.1 Å². The van der Waals surface area contributed by atoms with E-state index < -0.39 is 5.97 Å². The van der Waals surface area contributed by atoms with Gasteiger partial charge in [-0.3, -0.25) is 0 Å². The summed E-state index contributed by atoms with van der Waals surface area (Å²) in [5, 5.41) is 12.2. The average Bonchev–Trinajstić information content (AvgIpc) is 2.29. The SMILES string of the molecule is C[C@@H]1CN(c2ccc(C(=O)O)cc2)CCN1. The molecule has 0 aromatic heterocycles. The number of carboxylic acids is 1. The summed E-state index contributed by atoms with van der Waals surface area (Å²) >= 11 is 0.